The number of hydrogen-bond donors (Lipinski definition) is 0. The van der Waals surface area contributed by atoms with Crippen molar-refractivity contribution >= 4 is 21.6 Å². The molecule has 0 aliphatic carbocycles. The van der Waals surface area contributed by atoms with Crippen molar-refractivity contribution in [2.75, 3.05) is 19.0 Å². The molecule has 3 nitrogen and oxygen atoms in total. The van der Waals surface area contributed by atoms with E-state index in [1.165, 1.54) is 0 Å². The van der Waals surface area contributed by atoms with E-state index in [0.29, 0.717) is 18.4 Å². The highest BCUT2D eigenvalue weighted by molar-refractivity contribution is 7.89. The fourth-order valence-corrected chi connectivity index (χ4v) is 3.16. The lowest BCUT2D eigenvalue weighted by Crippen LogP contribution is -2.32. The third-order valence-corrected chi connectivity index (χ3v) is 4.68. The summed E-state index contributed by atoms with van der Waals surface area (Å²) in [5.41, 5.74) is 0. The Morgan fingerprint density at radius 1 is 1.33 bits per heavy atom. The lowest BCUT2D eigenvalue weighted by atomic mass is 10.3. The molecule has 0 saturated heterocycles. The number of benzene rings is 1. The zero-order valence-corrected chi connectivity index (χ0v) is 11.4. The lowest BCUT2D eigenvalue weighted by molar-refractivity contribution is 0.423. The predicted octanol–water partition coefficient (Wildman–Crippen LogP) is 2.60. The molecule has 0 aliphatic rings. The first-order valence-corrected chi connectivity index (χ1v) is 7.42. The van der Waals surface area contributed by atoms with Crippen molar-refractivity contribution in [2.24, 2.45) is 0 Å². The highest BCUT2D eigenvalue weighted by Gasteiger charge is 2.26. The Kier molecular flexibility index (Phi) is 5.49. The molecule has 0 saturated carbocycles. The Labute approximate surface area is 110 Å². The van der Waals surface area contributed by atoms with Crippen LogP contribution in [0.5, 0.6) is 0 Å². The Hall–Kier alpha value is -0.720. The van der Waals surface area contributed by atoms with Crippen molar-refractivity contribution in [3.05, 3.63) is 29.8 Å². The van der Waals surface area contributed by atoms with Crippen molar-refractivity contribution in [1.29, 1.82) is 0 Å². The number of sulfonamides is 1. The zero-order valence-electron chi connectivity index (χ0n) is 9.87. The monoisotopic (exact) mass is 297 g/mol. The molecular formula is C11H14ClF2NO2S. The van der Waals surface area contributed by atoms with E-state index in [-0.39, 0.29) is 13.1 Å². The number of hydrogen-bond acceptors (Lipinski definition) is 2. The van der Waals surface area contributed by atoms with Gasteiger partial charge in [-0.3, -0.25) is 0 Å². The summed E-state index contributed by atoms with van der Waals surface area (Å²) in [5, 5.41) is 0. The summed E-state index contributed by atoms with van der Waals surface area (Å²) < 4.78 is 51.6. The van der Waals surface area contributed by atoms with Crippen molar-refractivity contribution < 1.29 is 17.2 Å². The summed E-state index contributed by atoms with van der Waals surface area (Å²) in [7, 11) is -3.94. The largest absolute Gasteiger partial charge is 0.245 e. The minimum atomic E-state index is -3.94. The smallest absolute Gasteiger partial charge is 0.207 e. The highest BCUT2D eigenvalue weighted by atomic mass is 35.5. The lowest BCUT2D eigenvalue weighted by Gasteiger charge is -2.20. The molecule has 102 valence electrons. The van der Waals surface area contributed by atoms with E-state index >= 15 is 0 Å². The molecule has 0 bridgehead atoms. The molecule has 0 fully saturated rings. The van der Waals surface area contributed by atoms with E-state index in [2.05, 4.69) is 0 Å². The Morgan fingerprint density at radius 3 is 2.50 bits per heavy atom. The molecule has 0 aromatic heterocycles. The van der Waals surface area contributed by atoms with E-state index in [9.17, 15) is 17.2 Å². The molecule has 0 heterocycles. The van der Waals surface area contributed by atoms with Crippen LogP contribution in [-0.2, 0) is 10.0 Å². The molecule has 0 amide bonds. The van der Waals surface area contributed by atoms with Crippen LogP contribution >= 0.6 is 11.6 Å². The number of alkyl halides is 1. The molecule has 18 heavy (non-hydrogen) atoms. The molecular weight excluding hydrogens is 284 g/mol. The fourth-order valence-electron chi connectivity index (χ4n) is 1.51. The SMILES string of the molecule is CCN(CCCCl)S(=O)(=O)c1ccc(F)cc1F. The molecule has 0 aliphatic heterocycles. The van der Waals surface area contributed by atoms with Gasteiger partial charge in [0.2, 0.25) is 10.0 Å². The molecule has 1 aromatic rings. The first-order valence-electron chi connectivity index (χ1n) is 5.44. The average molecular weight is 298 g/mol. The average Bonchev–Trinajstić information content (AvgIpc) is 2.29. The minimum absolute atomic E-state index is 0.204. The van der Waals surface area contributed by atoms with Gasteiger partial charge in [0.15, 0.2) is 0 Å². The molecule has 0 atom stereocenters. The molecule has 0 unspecified atom stereocenters. The second-order valence-corrected chi connectivity index (χ2v) is 5.90. The van der Waals surface area contributed by atoms with Crippen molar-refractivity contribution in [1.82, 2.24) is 4.31 Å². The van der Waals surface area contributed by atoms with Crippen LogP contribution in [0.3, 0.4) is 0 Å². The maximum atomic E-state index is 13.5. The highest BCUT2D eigenvalue weighted by Crippen LogP contribution is 2.20. The van der Waals surface area contributed by atoms with Crippen molar-refractivity contribution in [3.63, 3.8) is 0 Å². The van der Waals surface area contributed by atoms with E-state index in [4.69, 9.17) is 11.6 Å². The number of rotatable bonds is 6. The van der Waals surface area contributed by atoms with Crippen LogP contribution in [0.15, 0.2) is 23.1 Å². The molecule has 7 heteroatoms. The molecule has 1 rings (SSSR count). The van der Waals surface area contributed by atoms with Gasteiger partial charge >= 0.3 is 0 Å². The number of halogens is 3. The Morgan fingerprint density at radius 2 is 2.00 bits per heavy atom. The van der Waals surface area contributed by atoms with E-state index in [1.54, 1.807) is 6.92 Å². The van der Waals surface area contributed by atoms with Crippen LogP contribution in [0.25, 0.3) is 0 Å². The van der Waals surface area contributed by atoms with Gasteiger partial charge in [0.25, 0.3) is 0 Å². The Balaban J connectivity index is 3.10. The second kappa shape index (κ2) is 6.45. The molecule has 0 radical (unpaired) electrons. The zero-order chi connectivity index (χ0) is 13.8. The van der Waals surface area contributed by atoms with Gasteiger partial charge in [-0.1, -0.05) is 6.92 Å². The van der Waals surface area contributed by atoms with Gasteiger partial charge in [0, 0.05) is 25.0 Å². The van der Waals surface area contributed by atoms with Gasteiger partial charge in [-0.05, 0) is 18.6 Å². The maximum absolute atomic E-state index is 13.5. The van der Waals surface area contributed by atoms with Gasteiger partial charge in [-0.25, -0.2) is 17.2 Å². The normalized spacial score (nSPS) is 12.1. The first kappa shape index (κ1) is 15.3. The van der Waals surface area contributed by atoms with E-state index < -0.39 is 26.6 Å². The van der Waals surface area contributed by atoms with E-state index in [1.807, 2.05) is 0 Å². The summed E-state index contributed by atoms with van der Waals surface area (Å²) in [4.78, 5) is -0.514. The first-order chi connectivity index (χ1) is 8.43. The summed E-state index contributed by atoms with van der Waals surface area (Å²) in [5.74, 6) is -1.58. The molecule has 1 aromatic carbocycles. The van der Waals surface area contributed by atoms with Crippen LogP contribution < -0.4 is 0 Å². The standard InChI is InChI=1S/C11H14ClF2NO2S/c1-2-15(7-3-6-12)18(16,17)11-5-4-9(13)8-10(11)14/h4-5,8H,2-3,6-7H2,1H3. The van der Waals surface area contributed by atoms with E-state index in [0.717, 1.165) is 16.4 Å². The summed E-state index contributed by atoms with van der Waals surface area (Å²) in [6.45, 7) is 2.06. The van der Waals surface area contributed by atoms with Gasteiger partial charge in [-0.2, -0.15) is 4.31 Å². The van der Waals surface area contributed by atoms with Crippen molar-refractivity contribution in [2.45, 2.75) is 18.2 Å². The minimum Gasteiger partial charge on any atom is -0.207 e. The predicted molar refractivity (Wildman–Crippen MR) is 66.1 cm³/mol. The summed E-state index contributed by atoms with van der Waals surface area (Å²) >= 11 is 5.51. The summed E-state index contributed by atoms with van der Waals surface area (Å²) in [6.07, 6.45) is 0.470. The van der Waals surface area contributed by atoms with Gasteiger partial charge < -0.3 is 0 Å². The van der Waals surface area contributed by atoms with Crippen molar-refractivity contribution in [3.8, 4) is 0 Å². The Bertz CT molecular complexity index is 508. The molecule has 0 N–H and O–H groups in total. The van der Waals surface area contributed by atoms with Gasteiger partial charge in [-0.15, -0.1) is 11.6 Å². The third kappa shape index (κ3) is 3.40. The van der Waals surface area contributed by atoms with Gasteiger partial charge in [0.05, 0.1) is 0 Å². The third-order valence-electron chi connectivity index (χ3n) is 2.41. The van der Waals surface area contributed by atoms with Crippen LogP contribution in [0, 0.1) is 11.6 Å². The van der Waals surface area contributed by atoms with Crippen LogP contribution in [-0.4, -0.2) is 31.7 Å². The molecule has 0 spiro atoms. The van der Waals surface area contributed by atoms with Gasteiger partial charge in [0.1, 0.15) is 16.5 Å². The van der Waals surface area contributed by atoms with Crippen LogP contribution in [0.4, 0.5) is 8.78 Å². The fraction of sp³-hybridized carbons (Fsp3) is 0.455. The van der Waals surface area contributed by atoms with Crippen LogP contribution in [0.2, 0.25) is 0 Å². The number of nitrogens with zero attached hydrogens (tertiary/aromatic N) is 1. The summed E-state index contributed by atoms with van der Waals surface area (Å²) in [6, 6.07) is 2.41. The quantitative estimate of drug-likeness (QED) is 0.757. The second-order valence-electron chi connectivity index (χ2n) is 3.61. The van der Waals surface area contributed by atoms with Crippen LogP contribution in [0.1, 0.15) is 13.3 Å². The maximum Gasteiger partial charge on any atom is 0.245 e. The topological polar surface area (TPSA) is 37.4 Å².